The maximum absolute atomic E-state index is 12.3. The highest BCUT2D eigenvalue weighted by atomic mass is 16.3. The molecule has 3 N–H and O–H groups in total. The molecule has 0 spiro atoms. The van der Waals surface area contributed by atoms with Gasteiger partial charge in [0.25, 0.3) is 0 Å². The van der Waals surface area contributed by atoms with Crippen molar-refractivity contribution in [3.63, 3.8) is 0 Å². The largest absolute Gasteiger partial charge is 0.394 e. The SMILES string of the molecule is CCCCCCCC/C=C\C/C=C\CCC(=O)NC(CO)C(O)CCCCCCCCCCCCCCCCCCCCCCC. The number of carbonyl (C=O) groups is 1. The van der Waals surface area contributed by atoms with E-state index in [9.17, 15) is 15.0 Å². The Morgan fingerprint density at radius 2 is 0.891 bits per heavy atom. The van der Waals surface area contributed by atoms with Gasteiger partial charge in [0.15, 0.2) is 0 Å². The van der Waals surface area contributed by atoms with Crippen molar-refractivity contribution in [3.05, 3.63) is 24.3 Å². The molecular formula is C42H81NO3. The summed E-state index contributed by atoms with van der Waals surface area (Å²) < 4.78 is 0. The van der Waals surface area contributed by atoms with Crippen LogP contribution in [0.25, 0.3) is 0 Å². The molecule has 2 atom stereocenters. The zero-order chi connectivity index (χ0) is 33.6. The van der Waals surface area contributed by atoms with Crippen molar-refractivity contribution in [1.82, 2.24) is 5.32 Å². The van der Waals surface area contributed by atoms with Crippen LogP contribution in [0.15, 0.2) is 24.3 Å². The molecule has 4 heteroatoms. The molecule has 0 aromatic carbocycles. The van der Waals surface area contributed by atoms with Crippen molar-refractivity contribution >= 4 is 5.91 Å². The number of aliphatic hydroxyl groups excluding tert-OH is 2. The summed E-state index contributed by atoms with van der Waals surface area (Å²) in [7, 11) is 0. The summed E-state index contributed by atoms with van der Waals surface area (Å²) in [5, 5.41) is 23.0. The van der Waals surface area contributed by atoms with Crippen LogP contribution in [0.5, 0.6) is 0 Å². The van der Waals surface area contributed by atoms with Crippen molar-refractivity contribution in [2.45, 2.75) is 231 Å². The normalized spacial score (nSPS) is 13.2. The van der Waals surface area contributed by atoms with Crippen LogP contribution >= 0.6 is 0 Å². The Hall–Kier alpha value is -1.13. The molecule has 1 amide bonds. The first-order valence-corrected chi connectivity index (χ1v) is 20.5. The predicted molar refractivity (Wildman–Crippen MR) is 202 cm³/mol. The van der Waals surface area contributed by atoms with Crippen LogP contribution in [0, 0.1) is 0 Å². The van der Waals surface area contributed by atoms with Crippen LogP contribution in [0.2, 0.25) is 0 Å². The van der Waals surface area contributed by atoms with Gasteiger partial charge in [-0.1, -0.05) is 205 Å². The van der Waals surface area contributed by atoms with E-state index in [-0.39, 0.29) is 12.5 Å². The first kappa shape index (κ1) is 44.9. The maximum atomic E-state index is 12.3. The van der Waals surface area contributed by atoms with Crippen molar-refractivity contribution in [3.8, 4) is 0 Å². The number of unbranched alkanes of at least 4 members (excludes halogenated alkanes) is 26. The number of amides is 1. The summed E-state index contributed by atoms with van der Waals surface area (Å²) in [4.78, 5) is 12.3. The van der Waals surface area contributed by atoms with Gasteiger partial charge in [0.1, 0.15) is 0 Å². The molecule has 0 bridgehead atoms. The summed E-state index contributed by atoms with van der Waals surface area (Å²) >= 11 is 0. The summed E-state index contributed by atoms with van der Waals surface area (Å²) in [5.41, 5.74) is 0. The molecule has 0 aliphatic carbocycles. The highest BCUT2D eigenvalue weighted by Crippen LogP contribution is 2.16. The van der Waals surface area contributed by atoms with Crippen LogP contribution < -0.4 is 5.32 Å². The highest BCUT2D eigenvalue weighted by molar-refractivity contribution is 5.76. The second kappa shape index (κ2) is 38.3. The van der Waals surface area contributed by atoms with Crippen LogP contribution in [0.3, 0.4) is 0 Å². The lowest BCUT2D eigenvalue weighted by Gasteiger charge is -2.22. The molecule has 0 saturated carbocycles. The molecule has 0 rings (SSSR count). The van der Waals surface area contributed by atoms with Crippen molar-refractivity contribution in [2.24, 2.45) is 0 Å². The fourth-order valence-electron chi connectivity index (χ4n) is 6.29. The quantitative estimate of drug-likeness (QED) is 0.0464. The molecule has 0 saturated heterocycles. The molecule has 0 aromatic rings. The molecule has 272 valence electrons. The van der Waals surface area contributed by atoms with Crippen molar-refractivity contribution in [1.29, 1.82) is 0 Å². The fraction of sp³-hybridized carbons (Fsp3) is 0.881. The number of aliphatic hydroxyl groups is 2. The van der Waals surface area contributed by atoms with E-state index in [0.29, 0.717) is 19.3 Å². The molecule has 4 nitrogen and oxygen atoms in total. The first-order valence-electron chi connectivity index (χ1n) is 20.5. The van der Waals surface area contributed by atoms with E-state index in [2.05, 4.69) is 43.5 Å². The van der Waals surface area contributed by atoms with E-state index in [1.807, 2.05) is 0 Å². The molecule has 0 aliphatic heterocycles. The van der Waals surface area contributed by atoms with Gasteiger partial charge in [-0.3, -0.25) is 4.79 Å². The third-order valence-electron chi connectivity index (χ3n) is 9.48. The summed E-state index contributed by atoms with van der Waals surface area (Å²) in [6.45, 7) is 4.33. The van der Waals surface area contributed by atoms with Gasteiger partial charge in [-0.15, -0.1) is 0 Å². The summed E-state index contributed by atoms with van der Waals surface area (Å²) in [6.07, 6.45) is 48.3. The summed E-state index contributed by atoms with van der Waals surface area (Å²) in [6, 6.07) is -0.563. The second-order valence-corrected chi connectivity index (χ2v) is 14.1. The number of nitrogens with one attached hydrogen (secondary N) is 1. The van der Waals surface area contributed by atoms with Gasteiger partial charge in [-0.05, 0) is 32.1 Å². The van der Waals surface area contributed by atoms with Gasteiger partial charge >= 0.3 is 0 Å². The van der Waals surface area contributed by atoms with E-state index in [0.717, 1.165) is 25.7 Å². The van der Waals surface area contributed by atoms with E-state index >= 15 is 0 Å². The van der Waals surface area contributed by atoms with E-state index in [1.54, 1.807) is 0 Å². The molecule has 2 unspecified atom stereocenters. The summed E-state index contributed by atoms with van der Waals surface area (Å²) in [5.74, 6) is -0.0971. The van der Waals surface area contributed by atoms with Crippen LogP contribution in [-0.4, -0.2) is 34.9 Å². The first-order chi connectivity index (χ1) is 22.7. The lowest BCUT2D eigenvalue weighted by atomic mass is 10.0. The molecule has 0 radical (unpaired) electrons. The van der Waals surface area contributed by atoms with E-state index in [1.165, 1.54) is 161 Å². The van der Waals surface area contributed by atoms with Gasteiger partial charge in [0, 0.05) is 6.42 Å². The third-order valence-corrected chi connectivity index (χ3v) is 9.48. The Morgan fingerprint density at radius 3 is 1.30 bits per heavy atom. The average Bonchev–Trinajstić information content (AvgIpc) is 3.06. The van der Waals surface area contributed by atoms with Gasteiger partial charge in [0.2, 0.25) is 5.91 Å². The Bertz CT molecular complexity index is 661. The molecular weight excluding hydrogens is 566 g/mol. The standard InChI is InChI=1S/C42H81NO3/c1-3-5-7-9-11-13-15-17-18-19-20-21-22-23-24-26-27-29-31-33-35-37-41(45)40(39-44)43-42(46)38-36-34-32-30-28-25-16-14-12-10-8-6-4-2/h25,28,32,34,40-41,44-45H,3-24,26-27,29-31,33,35-39H2,1-2H3,(H,43,46)/b28-25-,34-32-. The Morgan fingerprint density at radius 1 is 0.522 bits per heavy atom. The topological polar surface area (TPSA) is 69.6 Å². The smallest absolute Gasteiger partial charge is 0.220 e. The number of allylic oxidation sites excluding steroid dienone is 4. The number of hydrogen-bond acceptors (Lipinski definition) is 3. The highest BCUT2D eigenvalue weighted by Gasteiger charge is 2.19. The predicted octanol–water partition coefficient (Wildman–Crippen LogP) is 12.5. The minimum absolute atomic E-state index is 0.0971. The van der Waals surface area contributed by atoms with Gasteiger partial charge < -0.3 is 15.5 Å². The molecule has 46 heavy (non-hydrogen) atoms. The third kappa shape index (κ3) is 34.2. The molecule has 0 heterocycles. The van der Waals surface area contributed by atoms with Crippen LogP contribution in [0.1, 0.15) is 219 Å². The van der Waals surface area contributed by atoms with Gasteiger partial charge in [-0.2, -0.15) is 0 Å². The molecule has 0 aromatic heterocycles. The van der Waals surface area contributed by atoms with Crippen LogP contribution in [0.4, 0.5) is 0 Å². The number of carbonyl (C=O) groups excluding carboxylic acids is 1. The van der Waals surface area contributed by atoms with E-state index in [4.69, 9.17) is 0 Å². The zero-order valence-electron chi connectivity index (χ0n) is 31.1. The minimum Gasteiger partial charge on any atom is -0.394 e. The second-order valence-electron chi connectivity index (χ2n) is 14.1. The monoisotopic (exact) mass is 648 g/mol. The zero-order valence-corrected chi connectivity index (χ0v) is 31.1. The fourth-order valence-corrected chi connectivity index (χ4v) is 6.29. The van der Waals surface area contributed by atoms with Gasteiger partial charge in [0.05, 0.1) is 18.8 Å². The van der Waals surface area contributed by atoms with Crippen LogP contribution in [-0.2, 0) is 4.79 Å². The lowest BCUT2D eigenvalue weighted by molar-refractivity contribution is -0.123. The Kier molecular flexibility index (Phi) is 37.4. The maximum Gasteiger partial charge on any atom is 0.220 e. The van der Waals surface area contributed by atoms with E-state index < -0.39 is 12.1 Å². The average molecular weight is 648 g/mol. The molecule has 0 fully saturated rings. The Labute approximate surface area is 288 Å². The van der Waals surface area contributed by atoms with Gasteiger partial charge in [-0.25, -0.2) is 0 Å². The molecule has 0 aliphatic rings. The number of rotatable bonds is 37. The van der Waals surface area contributed by atoms with Crippen molar-refractivity contribution in [2.75, 3.05) is 6.61 Å². The number of hydrogen-bond donors (Lipinski definition) is 3. The van der Waals surface area contributed by atoms with Crippen molar-refractivity contribution < 1.29 is 15.0 Å². The minimum atomic E-state index is -0.679. The lowest BCUT2D eigenvalue weighted by Crippen LogP contribution is -2.45. The Balaban J connectivity index is 3.55.